The van der Waals surface area contributed by atoms with E-state index in [1.807, 2.05) is 54.1 Å². The molecule has 1 heterocycles. The minimum atomic E-state index is 0.808. The Kier molecular flexibility index (Phi) is 4.02. The molecule has 0 saturated heterocycles. The Morgan fingerprint density at radius 3 is 2.45 bits per heavy atom. The Morgan fingerprint density at radius 1 is 1.05 bits per heavy atom. The van der Waals surface area contributed by atoms with Crippen LogP contribution in [-0.2, 0) is 7.05 Å². The first-order valence-corrected chi connectivity index (χ1v) is 7.61. The van der Waals surface area contributed by atoms with Gasteiger partial charge in [0.1, 0.15) is 5.75 Å². The fraction of sp³-hybridized carbons (Fsp3) is 0.188. The summed E-state index contributed by atoms with van der Waals surface area (Å²) in [5, 5.41) is 8.65. The average molecular weight is 312 g/mol. The maximum Gasteiger partial charge on any atom is 0.211 e. The van der Waals surface area contributed by atoms with Crippen LogP contribution in [0.3, 0.4) is 0 Å². The van der Waals surface area contributed by atoms with Crippen molar-refractivity contribution in [3.8, 4) is 5.75 Å². The van der Waals surface area contributed by atoms with Crippen molar-refractivity contribution in [1.82, 2.24) is 4.57 Å². The Morgan fingerprint density at radius 2 is 1.77 bits per heavy atom. The van der Waals surface area contributed by atoms with Crippen molar-refractivity contribution in [2.24, 2.45) is 22.2 Å². The summed E-state index contributed by atoms with van der Waals surface area (Å²) in [5.41, 5.74) is 2.85. The zero-order chi connectivity index (χ0) is 15.5. The van der Waals surface area contributed by atoms with E-state index in [0.717, 1.165) is 32.2 Å². The molecule has 1 aromatic heterocycles. The van der Waals surface area contributed by atoms with Crippen LogP contribution in [0, 0.1) is 0 Å². The molecule has 0 N–H and O–H groups in total. The Hall–Kier alpha value is -2.47. The van der Waals surface area contributed by atoms with Crippen LogP contribution < -0.4 is 9.54 Å². The number of hydrogen-bond acceptors (Lipinski definition) is 5. The number of nitrogens with zero attached hydrogens (tertiary/aromatic N) is 4. The predicted octanol–water partition coefficient (Wildman–Crippen LogP) is 2.70. The van der Waals surface area contributed by atoms with Crippen LogP contribution in [0.15, 0.2) is 57.7 Å². The van der Waals surface area contributed by atoms with Gasteiger partial charge in [-0.3, -0.25) is 4.99 Å². The van der Waals surface area contributed by atoms with Crippen molar-refractivity contribution in [3.05, 3.63) is 47.3 Å². The van der Waals surface area contributed by atoms with Crippen LogP contribution in [0.4, 0.5) is 0 Å². The molecule has 2 aromatic rings. The molecule has 0 spiro atoms. The molecule has 112 valence electrons. The van der Waals surface area contributed by atoms with E-state index in [2.05, 4.69) is 15.2 Å². The highest BCUT2D eigenvalue weighted by Crippen LogP contribution is 2.22. The quantitative estimate of drug-likeness (QED) is 0.621. The van der Waals surface area contributed by atoms with Crippen LogP contribution in [0.2, 0.25) is 0 Å². The largest absolute Gasteiger partial charge is 0.497 e. The third kappa shape index (κ3) is 2.78. The first kappa shape index (κ1) is 14.5. The highest BCUT2D eigenvalue weighted by Gasteiger charge is 2.04. The number of allylic oxidation sites excluding steroid dienone is 4. The lowest BCUT2D eigenvalue weighted by Gasteiger charge is -1.99. The van der Waals surface area contributed by atoms with Gasteiger partial charge in [0.2, 0.25) is 4.80 Å². The highest BCUT2D eigenvalue weighted by molar-refractivity contribution is 7.16. The second-order valence-corrected chi connectivity index (χ2v) is 5.73. The van der Waals surface area contributed by atoms with Crippen molar-refractivity contribution >= 4 is 33.0 Å². The van der Waals surface area contributed by atoms with Crippen LogP contribution >= 0.6 is 11.3 Å². The molecule has 0 unspecified atom stereocenters. The van der Waals surface area contributed by atoms with Crippen LogP contribution in [0.25, 0.3) is 10.2 Å². The van der Waals surface area contributed by atoms with Gasteiger partial charge in [0.05, 0.1) is 28.7 Å². The van der Waals surface area contributed by atoms with Crippen molar-refractivity contribution in [2.45, 2.75) is 0 Å². The third-order valence-corrected chi connectivity index (χ3v) is 4.46. The summed E-state index contributed by atoms with van der Waals surface area (Å²) in [6.07, 6.45) is 7.65. The summed E-state index contributed by atoms with van der Waals surface area (Å²) < 4.78 is 8.40. The summed E-state index contributed by atoms with van der Waals surface area (Å²) in [6, 6.07) is 5.99. The maximum absolute atomic E-state index is 5.26. The summed E-state index contributed by atoms with van der Waals surface area (Å²) in [7, 11) is 5.42. The van der Waals surface area contributed by atoms with Gasteiger partial charge in [-0.2, -0.15) is 0 Å². The molecule has 3 rings (SSSR count). The summed E-state index contributed by atoms with van der Waals surface area (Å²) in [4.78, 5) is 4.94. The van der Waals surface area contributed by atoms with Gasteiger partial charge < -0.3 is 9.30 Å². The molecular weight excluding hydrogens is 296 g/mol. The number of thiazole rings is 1. The standard InChI is InChI=1S/C16H16N4OS/c1-17-11-4-6-12(7-5-11)18-19-16-20(2)14-9-8-13(21-3)10-15(14)22-16/h4-10H,1-3H3/b17-11?,18-12?,19-16+. The molecule has 5 nitrogen and oxygen atoms in total. The molecular formula is C16H16N4OS. The van der Waals surface area contributed by atoms with E-state index in [4.69, 9.17) is 4.74 Å². The van der Waals surface area contributed by atoms with Crippen LogP contribution in [0.5, 0.6) is 5.75 Å². The van der Waals surface area contributed by atoms with E-state index in [9.17, 15) is 0 Å². The summed E-state index contributed by atoms with van der Waals surface area (Å²) in [6.45, 7) is 0. The van der Waals surface area contributed by atoms with E-state index in [1.165, 1.54) is 0 Å². The topological polar surface area (TPSA) is 51.2 Å². The monoisotopic (exact) mass is 312 g/mol. The van der Waals surface area contributed by atoms with Crippen molar-refractivity contribution < 1.29 is 4.74 Å². The summed E-state index contributed by atoms with van der Waals surface area (Å²) in [5.74, 6) is 0.844. The van der Waals surface area contributed by atoms with E-state index < -0.39 is 0 Å². The average Bonchev–Trinajstić information content (AvgIpc) is 2.89. The number of ether oxygens (including phenoxy) is 1. The number of rotatable bonds is 2. The highest BCUT2D eigenvalue weighted by atomic mass is 32.1. The number of methoxy groups -OCH3 is 1. The molecule has 1 aliphatic carbocycles. The zero-order valence-corrected chi connectivity index (χ0v) is 13.5. The Bertz CT molecular complexity index is 878. The molecule has 0 atom stereocenters. The lowest BCUT2D eigenvalue weighted by Crippen LogP contribution is -2.09. The smallest absolute Gasteiger partial charge is 0.211 e. The maximum atomic E-state index is 5.26. The molecule has 0 aliphatic heterocycles. The third-order valence-electron chi connectivity index (χ3n) is 3.38. The Labute approximate surface area is 132 Å². The lowest BCUT2D eigenvalue weighted by atomic mass is 10.1. The van der Waals surface area contributed by atoms with Gasteiger partial charge in [0.15, 0.2) is 0 Å². The molecule has 0 fully saturated rings. The molecule has 0 saturated carbocycles. The first-order valence-electron chi connectivity index (χ1n) is 6.79. The fourth-order valence-corrected chi connectivity index (χ4v) is 3.10. The van der Waals surface area contributed by atoms with Gasteiger partial charge in [-0.1, -0.05) is 11.3 Å². The van der Waals surface area contributed by atoms with Gasteiger partial charge in [0.25, 0.3) is 0 Å². The predicted molar refractivity (Wildman–Crippen MR) is 92.0 cm³/mol. The molecule has 0 amide bonds. The van der Waals surface area contributed by atoms with Crippen molar-refractivity contribution in [3.63, 3.8) is 0 Å². The number of aliphatic imine (C=N–C) groups is 1. The second kappa shape index (κ2) is 6.11. The van der Waals surface area contributed by atoms with E-state index in [-0.39, 0.29) is 0 Å². The number of hydrogen-bond donors (Lipinski definition) is 0. The molecule has 22 heavy (non-hydrogen) atoms. The van der Waals surface area contributed by atoms with E-state index >= 15 is 0 Å². The van der Waals surface area contributed by atoms with Gasteiger partial charge in [0, 0.05) is 14.1 Å². The SMILES string of the molecule is CN=C1C=CC(=N/N=c2/sc3cc(OC)ccc3n2C)C=C1. The fourth-order valence-electron chi connectivity index (χ4n) is 2.11. The molecule has 1 aromatic carbocycles. The van der Waals surface area contributed by atoms with Gasteiger partial charge in [-0.25, -0.2) is 0 Å². The molecule has 1 aliphatic rings. The zero-order valence-electron chi connectivity index (χ0n) is 12.6. The normalized spacial score (nSPS) is 14.8. The number of fused-ring (bicyclic) bond motifs is 1. The van der Waals surface area contributed by atoms with Crippen LogP contribution in [-0.4, -0.2) is 30.1 Å². The van der Waals surface area contributed by atoms with Gasteiger partial charge >= 0.3 is 0 Å². The number of benzene rings is 1. The van der Waals surface area contributed by atoms with E-state index in [0.29, 0.717) is 0 Å². The summed E-state index contributed by atoms with van der Waals surface area (Å²) >= 11 is 1.58. The molecule has 0 bridgehead atoms. The number of aryl methyl sites for hydroxylation is 1. The number of aromatic nitrogens is 1. The van der Waals surface area contributed by atoms with E-state index in [1.54, 1.807) is 25.5 Å². The minimum absolute atomic E-state index is 0.808. The van der Waals surface area contributed by atoms with Crippen molar-refractivity contribution in [2.75, 3.05) is 14.2 Å². The molecule has 6 heteroatoms. The minimum Gasteiger partial charge on any atom is -0.497 e. The second-order valence-electron chi connectivity index (χ2n) is 4.72. The van der Waals surface area contributed by atoms with Gasteiger partial charge in [-0.05, 0) is 42.5 Å². The van der Waals surface area contributed by atoms with Crippen molar-refractivity contribution in [1.29, 1.82) is 0 Å². The Balaban J connectivity index is 2.00. The lowest BCUT2D eigenvalue weighted by molar-refractivity contribution is 0.415. The van der Waals surface area contributed by atoms with Gasteiger partial charge in [-0.15, -0.1) is 10.2 Å². The molecule has 0 radical (unpaired) electrons. The first-order chi connectivity index (χ1) is 10.7. The van der Waals surface area contributed by atoms with Crippen LogP contribution in [0.1, 0.15) is 0 Å².